The predicted octanol–water partition coefficient (Wildman–Crippen LogP) is 3.10. The van der Waals surface area contributed by atoms with Crippen LogP contribution in [0.15, 0.2) is 33.7 Å². The Bertz CT molecular complexity index is 339. The molecule has 70 valence electrons. The molecule has 1 unspecified atom stereocenters. The molecule has 2 nitrogen and oxygen atoms in total. The number of nitrogens with two attached hydrogens (primary N) is 1. The summed E-state index contributed by atoms with van der Waals surface area (Å²) in [6.45, 7) is 3.57. The van der Waals surface area contributed by atoms with Crippen LogP contribution in [0, 0.1) is 0 Å². The average Bonchev–Trinajstić information content (AvgIpc) is 2.10. The van der Waals surface area contributed by atoms with Crippen LogP contribution in [0.25, 0.3) is 0 Å². The van der Waals surface area contributed by atoms with Crippen molar-refractivity contribution in [3.05, 3.63) is 39.3 Å². The summed E-state index contributed by atoms with van der Waals surface area (Å²) in [4.78, 5) is 0. The number of benzene rings is 1. The summed E-state index contributed by atoms with van der Waals surface area (Å²) >= 11 is 6.61. The van der Waals surface area contributed by atoms with Gasteiger partial charge in [0.2, 0.25) is 0 Å². The van der Waals surface area contributed by atoms with Crippen molar-refractivity contribution in [2.24, 2.45) is 5.73 Å². The molecule has 0 bridgehead atoms. The highest BCUT2D eigenvalue weighted by Crippen LogP contribution is 2.33. The van der Waals surface area contributed by atoms with Crippen molar-refractivity contribution in [2.75, 3.05) is 0 Å². The number of aromatic hydroxyl groups is 1. The van der Waals surface area contributed by atoms with Gasteiger partial charge < -0.3 is 10.8 Å². The van der Waals surface area contributed by atoms with Crippen molar-refractivity contribution >= 4 is 31.9 Å². The van der Waals surface area contributed by atoms with Gasteiger partial charge in [0.05, 0.1) is 6.04 Å². The molecular formula is C9H9Br2NO. The first kappa shape index (κ1) is 10.8. The van der Waals surface area contributed by atoms with E-state index in [-0.39, 0.29) is 11.8 Å². The number of phenolic OH excluding ortho intramolecular Hbond substituents is 1. The van der Waals surface area contributed by atoms with E-state index in [2.05, 4.69) is 38.4 Å². The zero-order valence-electron chi connectivity index (χ0n) is 6.80. The molecule has 1 aromatic carbocycles. The minimum Gasteiger partial charge on any atom is -0.508 e. The van der Waals surface area contributed by atoms with Gasteiger partial charge in [-0.25, -0.2) is 0 Å². The average molecular weight is 307 g/mol. The van der Waals surface area contributed by atoms with Crippen LogP contribution in [-0.4, -0.2) is 5.11 Å². The Morgan fingerprint density at radius 1 is 1.38 bits per heavy atom. The van der Waals surface area contributed by atoms with Crippen molar-refractivity contribution in [3.8, 4) is 5.75 Å². The second kappa shape index (κ2) is 4.26. The number of halogens is 2. The maximum absolute atomic E-state index is 9.54. The summed E-state index contributed by atoms with van der Waals surface area (Å²) in [6, 6.07) is 3.03. The Morgan fingerprint density at radius 2 is 1.92 bits per heavy atom. The maximum atomic E-state index is 9.54. The lowest BCUT2D eigenvalue weighted by Crippen LogP contribution is -2.06. The summed E-state index contributed by atoms with van der Waals surface area (Å²) < 4.78 is 1.66. The minimum atomic E-state index is -0.343. The first-order chi connectivity index (χ1) is 6.06. The van der Waals surface area contributed by atoms with Crippen LogP contribution >= 0.6 is 31.9 Å². The van der Waals surface area contributed by atoms with Gasteiger partial charge in [-0.05, 0) is 44.0 Å². The molecule has 1 atom stereocenters. The molecule has 0 saturated carbocycles. The molecule has 0 heterocycles. The quantitative estimate of drug-likeness (QED) is 0.825. The number of rotatable bonds is 2. The third kappa shape index (κ3) is 2.33. The van der Waals surface area contributed by atoms with Gasteiger partial charge in [0.15, 0.2) is 0 Å². The van der Waals surface area contributed by atoms with Crippen LogP contribution < -0.4 is 5.73 Å². The second-order valence-electron chi connectivity index (χ2n) is 2.59. The van der Waals surface area contributed by atoms with E-state index in [4.69, 9.17) is 5.73 Å². The molecule has 4 heteroatoms. The van der Waals surface area contributed by atoms with E-state index in [1.54, 1.807) is 18.2 Å². The van der Waals surface area contributed by atoms with E-state index < -0.39 is 0 Å². The lowest BCUT2D eigenvalue weighted by molar-refractivity contribution is 0.465. The van der Waals surface area contributed by atoms with E-state index in [1.807, 2.05) is 0 Å². The normalized spacial score (nSPS) is 12.5. The molecule has 0 amide bonds. The standard InChI is InChI=1S/C9H9Br2NO/c1-2-8(12)5-3-6(10)7(11)4-9(5)13/h2-4,8,13H,1,12H2. The van der Waals surface area contributed by atoms with Crippen molar-refractivity contribution in [2.45, 2.75) is 6.04 Å². The SMILES string of the molecule is C=CC(N)c1cc(Br)c(Br)cc1O. The molecule has 0 spiro atoms. The minimum absolute atomic E-state index is 0.169. The van der Waals surface area contributed by atoms with Gasteiger partial charge in [-0.2, -0.15) is 0 Å². The number of phenols is 1. The molecule has 3 N–H and O–H groups in total. The zero-order valence-corrected chi connectivity index (χ0v) is 9.97. The highest BCUT2D eigenvalue weighted by Gasteiger charge is 2.10. The third-order valence-corrected chi connectivity index (χ3v) is 3.53. The van der Waals surface area contributed by atoms with E-state index in [0.717, 1.165) is 8.95 Å². The Morgan fingerprint density at radius 3 is 2.46 bits per heavy atom. The molecule has 0 aliphatic rings. The summed E-state index contributed by atoms with van der Waals surface area (Å²) in [7, 11) is 0. The monoisotopic (exact) mass is 305 g/mol. The lowest BCUT2D eigenvalue weighted by atomic mass is 10.1. The second-order valence-corrected chi connectivity index (χ2v) is 4.30. The molecule has 0 aromatic heterocycles. The maximum Gasteiger partial charge on any atom is 0.121 e. The summed E-state index contributed by atoms with van der Waals surface area (Å²) in [5.74, 6) is 0.169. The Balaban J connectivity index is 3.22. The van der Waals surface area contributed by atoms with Gasteiger partial charge in [0.25, 0.3) is 0 Å². The number of hydrogen-bond acceptors (Lipinski definition) is 2. The van der Waals surface area contributed by atoms with Gasteiger partial charge in [-0.15, -0.1) is 6.58 Å². The van der Waals surface area contributed by atoms with Gasteiger partial charge in [-0.3, -0.25) is 0 Å². The summed E-state index contributed by atoms with van der Waals surface area (Å²) in [5, 5.41) is 9.54. The van der Waals surface area contributed by atoms with Crippen LogP contribution in [0.3, 0.4) is 0 Å². The van der Waals surface area contributed by atoms with Crippen molar-refractivity contribution in [3.63, 3.8) is 0 Å². The zero-order chi connectivity index (χ0) is 10.0. The molecule has 0 saturated heterocycles. The van der Waals surface area contributed by atoms with Crippen molar-refractivity contribution in [1.82, 2.24) is 0 Å². The molecule has 0 aliphatic carbocycles. The molecule has 1 aromatic rings. The topological polar surface area (TPSA) is 46.2 Å². The van der Waals surface area contributed by atoms with Crippen molar-refractivity contribution < 1.29 is 5.11 Å². The smallest absolute Gasteiger partial charge is 0.121 e. The highest BCUT2D eigenvalue weighted by atomic mass is 79.9. The Kier molecular flexibility index (Phi) is 3.53. The fraction of sp³-hybridized carbons (Fsp3) is 0.111. The van der Waals surface area contributed by atoms with Crippen molar-refractivity contribution in [1.29, 1.82) is 0 Å². The largest absolute Gasteiger partial charge is 0.508 e. The van der Waals surface area contributed by atoms with Crippen LogP contribution in [-0.2, 0) is 0 Å². The van der Waals surface area contributed by atoms with Gasteiger partial charge >= 0.3 is 0 Å². The van der Waals surface area contributed by atoms with Gasteiger partial charge in [0.1, 0.15) is 5.75 Å². The molecule has 13 heavy (non-hydrogen) atoms. The molecular weight excluding hydrogens is 298 g/mol. The van der Waals surface area contributed by atoms with Crippen LogP contribution in [0.2, 0.25) is 0 Å². The first-order valence-corrected chi connectivity index (χ1v) is 5.21. The summed E-state index contributed by atoms with van der Waals surface area (Å²) in [5.41, 5.74) is 6.36. The Labute approximate surface area is 93.7 Å². The fourth-order valence-electron chi connectivity index (χ4n) is 0.946. The highest BCUT2D eigenvalue weighted by molar-refractivity contribution is 9.13. The van der Waals surface area contributed by atoms with Crippen LogP contribution in [0.1, 0.15) is 11.6 Å². The Hall–Kier alpha value is -0.320. The van der Waals surface area contributed by atoms with Gasteiger partial charge in [-0.1, -0.05) is 6.08 Å². The fourth-order valence-corrected chi connectivity index (χ4v) is 1.64. The summed E-state index contributed by atoms with van der Waals surface area (Å²) in [6.07, 6.45) is 1.58. The van der Waals surface area contributed by atoms with Gasteiger partial charge in [0, 0.05) is 14.5 Å². The number of hydrogen-bond donors (Lipinski definition) is 2. The van der Waals surface area contributed by atoms with Crippen LogP contribution in [0.4, 0.5) is 0 Å². The predicted molar refractivity (Wildman–Crippen MR) is 60.6 cm³/mol. The molecule has 0 aliphatic heterocycles. The van der Waals surface area contributed by atoms with Crippen LogP contribution in [0.5, 0.6) is 5.75 Å². The van der Waals surface area contributed by atoms with E-state index >= 15 is 0 Å². The molecule has 0 fully saturated rings. The lowest BCUT2D eigenvalue weighted by Gasteiger charge is -2.10. The first-order valence-electron chi connectivity index (χ1n) is 3.62. The molecule has 1 rings (SSSR count). The molecule has 0 radical (unpaired) electrons. The third-order valence-electron chi connectivity index (χ3n) is 1.68. The van der Waals surface area contributed by atoms with E-state index in [1.165, 1.54) is 0 Å². The van der Waals surface area contributed by atoms with E-state index in [9.17, 15) is 5.11 Å². The van der Waals surface area contributed by atoms with E-state index in [0.29, 0.717) is 5.56 Å².